The molecule has 2 atom stereocenters. The fourth-order valence-electron chi connectivity index (χ4n) is 4.35. The second-order valence-electron chi connectivity index (χ2n) is 8.08. The third kappa shape index (κ3) is 4.99. The predicted molar refractivity (Wildman–Crippen MR) is 118 cm³/mol. The number of ether oxygens (including phenoxy) is 2. The molecule has 1 aliphatic carbocycles. The van der Waals surface area contributed by atoms with Crippen molar-refractivity contribution in [2.24, 2.45) is 0 Å². The van der Waals surface area contributed by atoms with Crippen molar-refractivity contribution in [2.45, 2.75) is 24.5 Å². The Morgan fingerprint density at radius 1 is 1.09 bits per heavy atom. The maximum atomic E-state index is 12.4. The van der Waals surface area contributed by atoms with Gasteiger partial charge in [0.2, 0.25) is 5.91 Å². The van der Waals surface area contributed by atoms with Crippen molar-refractivity contribution < 1.29 is 34.1 Å². The number of aliphatic hydroxyl groups excluding tert-OH is 1. The Morgan fingerprint density at radius 3 is 2.36 bits per heavy atom. The first-order chi connectivity index (χ1) is 16.0. The molecule has 0 aromatic heterocycles. The lowest BCUT2D eigenvalue weighted by molar-refractivity contribution is -0.159. The van der Waals surface area contributed by atoms with E-state index in [0.29, 0.717) is 0 Å². The summed E-state index contributed by atoms with van der Waals surface area (Å²) in [6.07, 6.45) is -2.18. The summed E-state index contributed by atoms with van der Waals surface area (Å²) >= 11 is 0. The molecule has 2 aliphatic rings. The van der Waals surface area contributed by atoms with Crippen LogP contribution < -0.4 is 5.32 Å². The molecule has 9 nitrogen and oxygen atoms in total. The number of aliphatic carboxylic acids is 1. The van der Waals surface area contributed by atoms with Crippen LogP contribution in [0.25, 0.3) is 11.1 Å². The zero-order valence-corrected chi connectivity index (χ0v) is 18.0. The smallest absolute Gasteiger partial charge is 0.407 e. The summed E-state index contributed by atoms with van der Waals surface area (Å²) in [5.41, 5.74) is 4.43. The number of benzene rings is 2. The number of carboxylic acid groups (broad SMARTS) is 1. The van der Waals surface area contributed by atoms with E-state index >= 15 is 0 Å². The lowest BCUT2D eigenvalue weighted by Gasteiger charge is -2.33. The summed E-state index contributed by atoms with van der Waals surface area (Å²) in [5, 5.41) is 21.9. The third-order valence-corrected chi connectivity index (χ3v) is 5.97. The van der Waals surface area contributed by atoms with Crippen LogP contribution >= 0.6 is 0 Å². The van der Waals surface area contributed by atoms with E-state index in [1.54, 1.807) is 0 Å². The molecule has 4 rings (SSSR count). The third-order valence-electron chi connectivity index (χ3n) is 5.97. The van der Waals surface area contributed by atoms with Crippen molar-refractivity contribution in [3.05, 3.63) is 59.7 Å². The maximum Gasteiger partial charge on any atom is 0.407 e. The summed E-state index contributed by atoms with van der Waals surface area (Å²) in [6.45, 7) is 0.245. The van der Waals surface area contributed by atoms with Crippen LogP contribution in [0.4, 0.5) is 4.79 Å². The number of hydrogen-bond donors (Lipinski definition) is 3. The molecule has 1 aliphatic heterocycles. The Morgan fingerprint density at radius 2 is 1.73 bits per heavy atom. The number of nitrogens with zero attached hydrogens (tertiary/aromatic N) is 1. The number of aliphatic hydroxyl groups is 1. The number of hydrogen-bond acceptors (Lipinski definition) is 6. The Bertz CT molecular complexity index is 995. The molecular formula is C24H26N2O7. The van der Waals surface area contributed by atoms with Crippen LogP contribution in [-0.4, -0.2) is 78.1 Å². The van der Waals surface area contributed by atoms with Crippen molar-refractivity contribution >= 4 is 18.0 Å². The number of carbonyl (C=O) groups is 3. The van der Waals surface area contributed by atoms with Crippen LogP contribution in [0, 0.1) is 0 Å². The van der Waals surface area contributed by atoms with E-state index in [1.807, 2.05) is 48.5 Å². The molecule has 0 bridgehead atoms. The highest BCUT2D eigenvalue weighted by atomic mass is 16.5. The minimum Gasteiger partial charge on any atom is -0.480 e. The summed E-state index contributed by atoms with van der Waals surface area (Å²) in [7, 11) is 0. The fourth-order valence-corrected chi connectivity index (χ4v) is 4.35. The maximum absolute atomic E-state index is 12.4. The summed E-state index contributed by atoms with van der Waals surface area (Å²) in [4.78, 5) is 37.1. The number of alkyl carbamates (subject to hydrolysis) is 1. The predicted octanol–water partition coefficient (Wildman–Crippen LogP) is 1.59. The van der Waals surface area contributed by atoms with Gasteiger partial charge in [0.15, 0.2) is 6.04 Å². The molecular weight excluding hydrogens is 428 g/mol. The van der Waals surface area contributed by atoms with E-state index < -0.39 is 30.1 Å². The molecule has 33 heavy (non-hydrogen) atoms. The van der Waals surface area contributed by atoms with Crippen molar-refractivity contribution in [1.29, 1.82) is 0 Å². The first-order valence-corrected chi connectivity index (χ1v) is 10.8. The zero-order chi connectivity index (χ0) is 23.4. The number of nitrogens with one attached hydrogen (secondary N) is 1. The van der Waals surface area contributed by atoms with E-state index in [0.717, 1.165) is 22.3 Å². The molecule has 2 aromatic carbocycles. The van der Waals surface area contributed by atoms with Gasteiger partial charge in [-0.1, -0.05) is 48.5 Å². The monoisotopic (exact) mass is 454 g/mol. The minimum atomic E-state index is -1.17. The van der Waals surface area contributed by atoms with Crippen LogP contribution in [0.1, 0.15) is 23.5 Å². The largest absolute Gasteiger partial charge is 0.480 e. The molecule has 174 valence electrons. The Kier molecular flexibility index (Phi) is 6.90. The van der Waals surface area contributed by atoms with E-state index in [4.69, 9.17) is 9.47 Å². The van der Waals surface area contributed by atoms with Gasteiger partial charge in [-0.15, -0.1) is 0 Å². The minimum absolute atomic E-state index is 0.0797. The van der Waals surface area contributed by atoms with Gasteiger partial charge in [0.25, 0.3) is 0 Å². The first-order valence-electron chi connectivity index (χ1n) is 10.8. The number of rotatable bonds is 7. The fraction of sp³-hybridized carbons (Fsp3) is 0.375. The van der Waals surface area contributed by atoms with Crippen LogP contribution in [0.3, 0.4) is 0 Å². The second kappa shape index (κ2) is 10.0. The van der Waals surface area contributed by atoms with Crippen LogP contribution in [0.2, 0.25) is 0 Å². The molecule has 1 fully saturated rings. The number of carbonyl (C=O) groups excluding carboxylic acids is 2. The van der Waals surface area contributed by atoms with E-state index in [1.165, 1.54) is 4.90 Å². The van der Waals surface area contributed by atoms with E-state index in [-0.39, 0.29) is 45.2 Å². The lowest BCUT2D eigenvalue weighted by atomic mass is 9.98. The van der Waals surface area contributed by atoms with Gasteiger partial charge in [0.1, 0.15) is 6.61 Å². The van der Waals surface area contributed by atoms with Gasteiger partial charge in [-0.2, -0.15) is 0 Å². The Labute approximate surface area is 190 Å². The molecule has 2 aromatic rings. The SMILES string of the molecule is O=C(NCC(O)CC(=O)N1CCOCC1C(=O)O)OCC1c2ccccc2-c2ccccc21. The first kappa shape index (κ1) is 22.8. The standard InChI is InChI=1S/C24H26N2O7/c27-15(11-22(28)26-9-10-32-14-21(26)23(29)30)12-25-24(31)33-13-20-18-7-3-1-5-16(18)17-6-2-4-8-19(17)20/h1-8,15,20-21,27H,9-14H2,(H,25,31)(H,29,30). The zero-order valence-electron chi connectivity index (χ0n) is 18.0. The molecule has 0 saturated carbocycles. The molecule has 1 heterocycles. The number of fused-ring (bicyclic) bond motifs is 3. The van der Waals surface area contributed by atoms with Gasteiger partial charge in [0.05, 0.1) is 25.7 Å². The molecule has 9 heteroatoms. The van der Waals surface area contributed by atoms with E-state index in [2.05, 4.69) is 5.32 Å². The van der Waals surface area contributed by atoms with Crippen molar-refractivity contribution in [3.8, 4) is 11.1 Å². The summed E-state index contributed by atoms with van der Waals surface area (Å²) in [6, 6.07) is 14.9. The second-order valence-corrected chi connectivity index (χ2v) is 8.08. The molecule has 2 amide bonds. The summed E-state index contributed by atoms with van der Waals surface area (Å²) in [5.74, 6) is -1.74. The average molecular weight is 454 g/mol. The van der Waals surface area contributed by atoms with Gasteiger partial charge in [0, 0.05) is 19.0 Å². The topological polar surface area (TPSA) is 125 Å². The highest BCUT2D eigenvalue weighted by Crippen LogP contribution is 2.44. The molecule has 2 unspecified atom stereocenters. The van der Waals surface area contributed by atoms with Crippen molar-refractivity contribution in [3.63, 3.8) is 0 Å². The van der Waals surface area contributed by atoms with E-state index in [9.17, 15) is 24.6 Å². The molecule has 0 spiro atoms. The normalized spacial score (nSPS) is 18.2. The van der Waals surface area contributed by atoms with Gasteiger partial charge in [-0.3, -0.25) is 4.79 Å². The number of morpholine rings is 1. The molecule has 0 radical (unpaired) electrons. The Balaban J connectivity index is 1.27. The highest BCUT2D eigenvalue weighted by molar-refractivity contribution is 5.84. The number of carboxylic acids is 1. The Hall–Kier alpha value is -3.43. The van der Waals surface area contributed by atoms with Gasteiger partial charge in [-0.05, 0) is 22.3 Å². The van der Waals surface area contributed by atoms with Crippen molar-refractivity contribution in [1.82, 2.24) is 10.2 Å². The van der Waals surface area contributed by atoms with Crippen LogP contribution in [0.15, 0.2) is 48.5 Å². The quantitative estimate of drug-likeness (QED) is 0.580. The average Bonchev–Trinajstić information content (AvgIpc) is 3.15. The highest BCUT2D eigenvalue weighted by Gasteiger charge is 2.33. The van der Waals surface area contributed by atoms with Gasteiger partial charge in [-0.25, -0.2) is 9.59 Å². The van der Waals surface area contributed by atoms with Gasteiger partial charge >= 0.3 is 12.1 Å². The molecule has 3 N–H and O–H groups in total. The number of amides is 2. The van der Waals surface area contributed by atoms with Crippen molar-refractivity contribution in [2.75, 3.05) is 32.9 Å². The van der Waals surface area contributed by atoms with Gasteiger partial charge < -0.3 is 29.9 Å². The summed E-state index contributed by atoms with van der Waals surface area (Å²) < 4.78 is 10.5. The molecule has 1 saturated heterocycles. The van der Waals surface area contributed by atoms with Crippen LogP contribution in [-0.2, 0) is 19.1 Å². The lowest BCUT2D eigenvalue weighted by Crippen LogP contribution is -2.53. The van der Waals surface area contributed by atoms with Crippen LogP contribution in [0.5, 0.6) is 0 Å².